The van der Waals surface area contributed by atoms with Crippen LogP contribution < -0.4 is 4.90 Å². The van der Waals surface area contributed by atoms with Crippen LogP contribution in [-0.4, -0.2) is 35.8 Å². The highest BCUT2D eigenvalue weighted by molar-refractivity contribution is 7.99. The minimum atomic E-state index is 0. The van der Waals surface area contributed by atoms with Gasteiger partial charge in [0.2, 0.25) is 5.91 Å². The fourth-order valence-corrected chi connectivity index (χ4v) is 4.91. The molecule has 1 amide bonds. The van der Waals surface area contributed by atoms with Gasteiger partial charge in [-0.15, -0.1) is 11.8 Å². The number of fused-ring (bicyclic) bond motifs is 1. The van der Waals surface area contributed by atoms with E-state index in [0.29, 0.717) is 12.5 Å². The third-order valence-corrected chi connectivity index (χ3v) is 6.57. The van der Waals surface area contributed by atoms with Crippen LogP contribution in [0.1, 0.15) is 50.7 Å². The molecule has 1 aliphatic carbocycles. The molecular weight excluding hydrogens is 378 g/mol. The molecule has 0 radical (unpaired) electrons. The summed E-state index contributed by atoms with van der Waals surface area (Å²) in [7, 11) is 4.03. The van der Waals surface area contributed by atoms with E-state index in [9.17, 15) is 4.79 Å². The first-order valence-corrected chi connectivity index (χ1v) is 11.1. The summed E-state index contributed by atoms with van der Waals surface area (Å²) in [5.74, 6) is 1.65. The SMILES string of the molecule is C.CN(Cc1cccnc1)C(=O)C1CCCCC1.Cc1ccc2c(c1)SCN2C. The zero-order valence-corrected chi connectivity index (χ0v) is 18.0. The van der Waals surface area contributed by atoms with Crippen molar-refractivity contribution in [2.75, 3.05) is 24.9 Å². The van der Waals surface area contributed by atoms with Gasteiger partial charge < -0.3 is 9.80 Å². The molecule has 0 bridgehead atoms. The van der Waals surface area contributed by atoms with Crippen molar-refractivity contribution in [2.45, 2.75) is 57.9 Å². The largest absolute Gasteiger partial charge is 0.364 e. The Labute approximate surface area is 180 Å². The Morgan fingerprint density at radius 1 is 1.24 bits per heavy atom. The molecule has 0 atom stereocenters. The number of carbonyl (C=O) groups is 1. The predicted octanol–water partition coefficient (Wildman–Crippen LogP) is 5.75. The van der Waals surface area contributed by atoms with Crippen LogP contribution in [0.4, 0.5) is 5.69 Å². The van der Waals surface area contributed by atoms with Gasteiger partial charge in [0.05, 0.1) is 11.6 Å². The number of pyridine rings is 1. The highest BCUT2D eigenvalue weighted by Crippen LogP contribution is 2.37. The van der Waals surface area contributed by atoms with Crippen molar-refractivity contribution in [1.29, 1.82) is 0 Å². The molecule has 1 aliphatic heterocycles. The van der Waals surface area contributed by atoms with Gasteiger partial charge in [-0.25, -0.2) is 0 Å². The van der Waals surface area contributed by atoms with Crippen molar-refractivity contribution < 1.29 is 4.79 Å². The first-order valence-electron chi connectivity index (χ1n) is 10.1. The van der Waals surface area contributed by atoms with E-state index in [2.05, 4.69) is 42.1 Å². The number of benzene rings is 1. The van der Waals surface area contributed by atoms with Crippen LogP contribution >= 0.6 is 11.8 Å². The normalized spacial score (nSPS) is 15.6. The maximum atomic E-state index is 12.2. The molecule has 2 aliphatic rings. The van der Waals surface area contributed by atoms with Crippen molar-refractivity contribution in [2.24, 2.45) is 5.92 Å². The number of nitrogens with zero attached hydrogens (tertiary/aromatic N) is 3. The molecule has 158 valence electrons. The number of thioether (sulfide) groups is 1. The lowest BCUT2D eigenvalue weighted by atomic mass is 9.88. The quantitative estimate of drug-likeness (QED) is 0.642. The number of anilines is 1. The smallest absolute Gasteiger partial charge is 0.225 e. The highest BCUT2D eigenvalue weighted by Gasteiger charge is 2.23. The Hall–Kier alpha value is -2.01. The molecule has 1 saturated carbocycles. The molecule has 0 unspecified atom stereocenters. The number of carbonyl (C=O) groups excluding carboxylic acids is 1. The summed E-state index contributed by atoms with van der Waals surface area (Å²) in [6.07, 6.45) is 9.41. The van der Waals surface area contributed by atoms with Crippen LogP contribution in [0, 0.1) is 12.8 Å². The first kappa shape index (κ1) is 23.3. The number of hydrogen-bond acceptors (Lipinski definition) is 4. The topological polar surface area (TPSA) is 36.4 Å². The molecule has 1 fully saturated rings. The monoisotopic (exact) mass is 413 g/mol. The van der Waals surface area contributed by atoms with Gasteiger partial charge in [0.1, 0.15) is 0 Å². The summed E-state index contributed by atoms with van der Waals surface area (Å²) >= 11 is 1.92. The molecule has 29 heavy (non-hydrogen) atoms. The predicted molar refractivity (Wildman–Crippen MR) is 124 cm³/mol. The van der Waals surface area contributed by atoms with Crippen molar-refractivity contribution in [1.82, 2.24) is 9.88 Å². The Morgan fingerprint density at radius 3 is 2.69 bits per heavy atom. The standard InChI is InChI=1S/C14H20N2O.C9H11NS.CH4/c1-16(11-12-6-5-9-15-10-12)14(17)13-7-3-2-4-8-13;1-7-3-4-8-9(5-7)11-6-10(8)2;/h5-6,9-10,13H,2-4,7-8,11H2,1H3;3-5H,6H2,1-2H3;1H4. The number of amides is 1. The van der Waals surface area contributed by atoms with Crippen molar-refractivity contribution >= 4 is 23.4 Å². The molecule has 5 heteroatoms. The first-order chi connectivity index (χ1) is 13.5. The van der Waals surface area contributed by atoms with E-state index in [-0.39, 0.29) is 13.3 Å². The average Bonchev–Trinajstić information content (AvgIpc) is 3.09. The van der Waals surface area contributed by atoms with Gasteiger partial charge in [-0.2, -0.15) is 0 Å². The molecule has 2 aromatic rings. The molecule has 1 aromatic heterocycles. The van der Waals surface area contributed by atoms with E-state index in [1.165, 1.54) is 35.4 Å². The summed E-state index contributed by atoms with van der Waals surface area (Å²) in [4.78, 5) is 21.8. The van der Waals surface area contributed by atoms with E-state index >= 15 is 0 Å². The summed E-state index contributed by atoms with van der Waals surface area (Å²) < 4.78 is 0. The number of aryl methyl sites for hydroxylation is 1. The molecule has 0 spiro atoms. The lowest BCUT2D eigenvalue weighted by Gasteiger charge is -2.26. The molecule has 0 saturated heterocycles. The van der Waals surface area contributed by atoms with Crippen LogP contribution in [0.15, 0.2) is 47.6 Å². The maximum Gasteiger partial charge on any atom is 0.225 e. The second-order valence-electron chi connectivity index (χ2n) is 7.83. The second-order valence-corrected chi connectivity index (χ2v) is 8.82. The summed E-state index contributed by atoms with van der Waals surface area (Å²) in [6, 6.07) is 10.5. The van der Waals surface area contributed by atoms with E-state index in [4.69, 9.17) is 0 Å². The van der Waals surface area contributed by atoms with Crippen molar-refractivity contribution in [3.05, 3.63) is 53.9 Å². The van der Waals surface area contributed by atoms with Crippen LogP contribution in [0.2, 0.25) is 0 Å². The van der Waals surface area contributed by atoms with Gasteiger partial charge in [0.25, 0.3) is 0 Å². The third-order valence-electron chi connectivity index (χ3n) is 5.41. The zero-order chi connectivity index (χ0) is 19.9. The van der Waals surface area contributed by atoms with Crippen molar-refractivity contribution in [3.8, 4) is 0 Å². The van der Waals surface area contributed by atoms with Gasteiger partial charge in [0.15, 0.2) is 0 Å². The highest BCUT2D eigenvalue weighted by atomic mass is 32.2. The van der Waals surface area contributed by atoms with Crippen LogP contribution in [0.5, 0.6) is 0 Å². The third kappa shape index (κ3) is 6.49. The number of hydrogen-bond donors (Lipinski definition) is 0. The number of rotatable bonds is 3. The molecule has 4 nitrogen and oxygen atoms in total. The summed E-state index contributed by atoms with van der Waals surface area (Å²) in [6.45, 7) is 2.81. The molecule has 2 heterocycles. The lowest BCUT2D eigenvalue weighted by molar-refractivity contribution is -0.135. The van der Waals surface area contributed by atoms with Crippen molar-refractivity contribution in [3.63, 3.8) is 0 Å². The number of aromatic nitrogens is 1. The van der Waals surface area contributed by atoms with Gasteiger partial charge in [-0.3, -0.25) is 9.78 Å². The van der Waals surface area contributed by atoms with Gasteiger partial charge in [0, 0.05) is 43.8 Å². The van der Waals surface area contributed by atoms with E-state index in [1.54, 1.807) is 6.20 Å². The fraction of sp³-hybridized carbons (Fsp3) is 0.500. The van der Waals surface area contributed by atoms with E-state index in [0.717, 1.165) is 24.3 Å². The maximum absolute atomic E-state index is 12.2. The summed E-state index contributed by atoms with van der Waals surface area (Å²) in [5.41, 5.74) is 3.83. The minimum absolute atomic E-state index is 0. The Morgan fingerprint density at radius 2 is 2.00 bits per heavy atom. The summed E-state index contributed by atoms with van der Waals surface area (Å²) in [5, 5.41) is 0. The minimum Gasteiger partial charge on any atom is -0.364 e. The van der Waals surface area contributed by atoms with E-state index in [1.807, 2.05) is 42.0 Å². The Balaban J connectivity index is 0.000000217. The zero-order valence-electron chi connectivity index (χ0n) is 17.2. The molecule has 4 rings (SSSR count). The van der Waals surface area contributed by atoms with E-state index < -0.39 is 0 Å². The molecule has 0 N–H and O–H groups in total. The fourth-order valence-electron chi connectivity index (χ4n) is 3.79. The van der Waals surface area contributed by atoms with Crippen LogP contribution in [0.3, 0.4) is 0 Å². The molecular formula is C24H35N3OS. The molecule has 1 aromatic carbocycles. The van der Waals surface area contributed by atoms with Gasteiger partial charge >= 0.3 is 0 Å². The lowest BCUT2D eigenvalue weighted by Crippen LogP contribution is -2.33. The Bertz CT molecular complexity index is 775. The second kappa shape index (κ2) is 11.2. The van der Waals surface area contributed by atoms with Crippen LogP contribution in [-0.2, 0) is 11.3 Å². The van der Waals surface area contributed by atoms with Gasteiger partial charge in [-0.1, -0.05) is 38.8 Å². The van der Waals surface area contributed by atoms with Crippen LogP contribution in [0.25, 0.3) is 0 Å². The Kier molecular flexibility index (Phi) is 9.02. The van der Waals surface area contributed by atoms with Gasteiger partial charge in [-0.05, 0) is 49.1 Å². The average molecular weight is 414 g/mol.